The third-order valence-electron chi connectivity index (χ3n) is 1.94. The first-order chi connectivity index (χ1) is 7.86. The van der Waals surface area contributed by atoms with E-state index in [1.165, 1.54) is 11.1 Å². The monoisotopic (exact) mass is 224 g/mol. The summed E-state index contributed by atoms with van der Waals surface area (Å²) in [6.45, 7) is 10.9. The Morgan fingerprint density at radius 3 is 1.69 bits per heavy atom. The Morgan fingerprint density at radius 2 is 1.31 bits per heavy atom. The second kappa shape index (κ2) is 10.7. The standard InChI is InChI=1S/C12H18O2.C2H6/c1-3-13-9-11-6-5-7-12(8-11)10-14-4-2;1-2/h5-8H,3-4,9-10H2,1-2H3;1-2H3. The van der Waals surface area contributed by atoms with E-state index in [2.05, 4.69) is 18.2 Å². The zero-order chi connectivity index (χ0) is 12.2. The Morgan fingerprint density at radius 1 is 0.875 bits per heavy atom. The topological polar surface area (TPSA) is 18.5 Å². The van der Waals surface area contributed by atoms with E-state index >= 15 is 0 Å². The van der Waals surface area contributed by atoms with Crippen molar-refractivity contribution < 1.29 is 9.47 Å². The molecule has 0 aliphatic heterocycles. The Labute approximate surface area is 99.6 Å². The lowest BCUT2D eigenvalue weighted by Crippen LogP contribution is -1.95. The molecule has 0 aromatic heterocycles. The van der Waals surface area contributed by atoms with Crippen LogP contribution in [0.15, 0.2) is 24.3 Å². The SMILES string of the molecule is CC.CCOCc1cccc(COCC)c1. The first-order valence-corrected chi connectivity index (χ1v) is 6.10. The van der Waals surface area contributed by atoms with Crippen LogP contribution in [0.5, 0.6) is 0 Å². The van der Waals surface area contributed by atoms with Gasteiger partial charge in [-0.3, -0.25) is 0 Å². The molecule has 0 aliphatic carbocycles. The van der Waals surface area contributed by atoms with E-state index in [4.69, 9.17) is 9.47 Å². The van der Waals surface area contributed by atoms with Gasteiger partial charge in [-0.25, -0.2) is 0 Å². The van der Waals surface area contributed by atoms with Gasteiger partial charge in [0.1, 0.15) is 0 Å². The molecule has 0 aliphatic rings. The molecule has 0 unspecified atom stereocenters. The van der Waals surface area contributed by atoms with E-state index in [1.807, 2.05) is 33.8 Å². The second-order valence-electron chi connectivity index (χ2n) is 3.09. The Kier molecular flexibility index (Phi) is 10.1. The van der Waals surface area contributed by atoms with Gasteiger partial charge < -0.3 is 9.47 Å². The molecule has 0 atom stereocenters. The summed E-state index contributed by atoms with van der Waals surface area (Å²) in [7, 11) is 0. The molecule has 2 nitrogen and oxygen atoms in total. The van der Waals surface area contributed by atoms with Crippen LogP contribution in [-0.4, -0.2) is 13.2 Å². The highest BCUT2D eigenvalue weighted by molar-refractivity contribution is 5.22. The molecule has 0 N–H and O–H groups in total. The van der Waals surface area contributed by atoms with Gasteiger partial charge in [0.25, 0.3) is 0 Å². The van der Waals surface area contributed by atoms with E-state index in [-0.39, 0.29) is 0 Å². The van der Waals surface area contributed by atoms with Gasteiger partial charge in [-0.2, -0.15) is 0 Å². The van der Waals surface area contributed by atoms with Crippen LogP contribution in [0, 0.1) is 0 Å². The molecular formula is C14H24O2. The Bertz CT molecular complexity index is 235. The van der Waals surface area contributed by atoms with Crippen LogP contribution in [-0.2, 0) is 22.7 Å². The molecule has 0 heterocycles. The van der Waals surface area contributed by atoms with Crippen LogP contribution in [0.25, 0.3) is 0 Å². The average molecular weight is 224 g/mol. The zero-order valence-electron chi connectivity index (χ0n) is 11.0. The minimum Gasteiger partial charge on any atom is -0.377 e. The number of hydrogen-bond donors (Lipinski definition) is 0. The van der Waals surface area contributed by atoms with Crippen molar-refractivity contribution in [2.24, 2.45) is 0 Å². The quantitative estimate of drug-likeness (QED) is 0.732. The predicted molar refractivity (Wildman–Crippen MR) is 68.5 cm³/mol. The molecule has 16 heavy (non-hydrogen) atoms. The van der Waals surface area contributed by atoms with Gasteiger partial charge >= 0.3 is 0 Å². The number of benzene rings is 1. The van der Waals surface area contributed by atoms with Crippen molar-refractivity contribution in [3.05, 3.63) is 35.4 Å². The van der Waals surface area contributed by atoms with Crippen LogP contribution >= 0.6 is 0 Å². The minimum atomic E-state index is 0.691. The fourth-order valence-corrected chi connectivity index (χ4v) is 1.25. The molecular weight excluding hydrogens is 200 g/mol. The van der Waals surface area contributed by atoms with Crippen LogP contribution < -0.4 is 0 Å². The van der Waals surface area contributed by atoms with Crippen molar-refractivity contribution in [1.82, 2.24) is 0 Å². The maximum Gasteiger partial charge on any atom is 0.0716 e. The van der Waals surface area contributed by atoms with Gasteiger partial charge in [0.2, 0.25) is 0 Å². The lowest BCUT2D eigenvalue weighted by molar-refractivity contribution is 0.130. The predicted octanol–water partition coefficient (Wildman–Crippen LogP) is 3.79. The molecule has 0 fully saturated rings. The van der Waals surface area contributed by atoms with Crippen molar-refractivity contribution >= 4 is 0 Å². The largest absolute Gasteiger partial charge is 0.377 e. The summed E-state index contributed by atoms with van der Waals surface area (Å²) < 4.78 is 10.7. The summed E-state index contributed by atoms with van der Waals surface area (Å²) in [5.41, 5.74) is 2.42. The summed E-state index contributed by atoms with van der Waals surface area (Å²) in [5, 5.41) is 0. The molecule has 0 spiro atoms. The van der Waals surface area contributed by atoms with Crippen molar-refractivity contribution in [1.29, 1.82) is 0 Å². The molecule has 0 bridgehead atoms. The van der Waals surface area contributed by atoms with Crippen LogP contribution in [0.2, 0.25) is 0 Å². The first kappa shape index (κ1) is 15.1. The van der Waals surface area contributed by atoms with Crippen LogP contribution in [0.4, 0.5) is 0 Å². The number of rotatable bonds is 6. The molecule has 0 radical (unpaired) electrons. The Balaban J connectivity index is 0.00000106. The minimum absolute atomic E-state index is 0.691. The molecule has 1 aromatic carbocycles. The van der Waals surface area contributed by atoms with E-state index in [9.17, 15) is 0 Å². The van der Waals surface area contributed by atoms with Crippen LogP contribution in [0.1, 0.15) is 38.8 Å². The van der Waals surface area contributed by atoms with Crippen molar-refractivity contribution in [3.8, 4) is 0 Å². The van der Waals surface area contributed by atoms with Gasteiger partial charge in [-0.05, 0) is 25.0 Å². The average Bonchev–Trinajstić information content (AvgIpc) is 2.37. The summed E-state index contributed by atoms with van der Waals surface area (Å²) in [6.07, 6.45) is 0. The third kappa shape index (κ3) is 6.59. The number of hydrogen-bond acceptors (Lipinski definition) is 2. The van der Waals surface area contributed by atoms with E-state index in [0.29, 0.717) is 13.2 Å². The molecule has 0 saturated heterocycles. The summed E-state index contributed by atoms with van der Waals surface area (Å²) in [5.74, 6) is 0. The molecule has 1 aromatic rings. The summed E-state index contributed by atoms with van der Waals surface area (Å²) in [4.78, 5) is 0. The van der Waals surface area contributed by atoms with Crippen LogP contribution in [0.3, 0.4) is 0 Å². The smallest absolute Gasteiger partial charge is 0.0716 e. The van der Waals surface area contributed by atoms with E-state index in [1.54, 1.807) is 0 Å². The molecule has 2 heteroatoms. The fourth-order valence-electron chi connectivity index (χ4n) is 1.25. The molecule has 92 valence electrons. The third-order valence-corrected chi connectivity index (χ3v) is 1.94. The van der Waals surface area contributed by atoms with Crippen molar-refractivity contribution in [3.63, 3.8) is 0 Å². The lowest BCUT2D eigenvalue weighted by atomic mass is 10.1. The Hall–Kier alpha value is -0.860. The summed E-state index contributed by atoms with van der Waals surface area (Å²) in [6, 6.07) is 8.32. The van der Waals surface area contributed by atoms with Crippen molar-refractivity contribution in [2.75, 3.05) is 13.2 Å². The van der Waals surface area contributed by atoms with Gasteiger partial charge in [-0.15, -0.1) is 0 Å². The lowest BCUT2D eigenvalue weighted by Gasteiger charge is -2.05. The fraction of sp³-hybridized carbons (Fsp3) is 0.571. The highest BCUT2D eigenvalue weighted by Crippen LogP contribution is 2.07. The maximum atomic E-state index is 5.34. The van der Waals surface area contributed by atoms with Gasteiger partial charge in [0.15, 0.2) is 0 Å². The molecule has 1 rings (SSSR count). The van der Waals surface area contributed by atoms with Gasteiger partial charge in [-0.1, -0.05) is 38.1 Å². The number of ether oxygens (including phenoxy) is 2. The first-order valence-electron chi connectivity index (χ1n) is 6.10. The van der Waals surface area contributed by atoms with Crippen molar-refractivity contribution in [2.45, 2.75) is 40.9 Å². The second-order valence-corrected chi connectivity index (χ2v) is 3.09. The normalized spacial score (nSPS) is 9.50. The molecule has 0 saturated carbocycles. The molecule has 0 amide bonds. The zero-order valence-corrected chi connectivity index (χ0v) is 11.0. The highest BCUT2D eigenvalue weighted by Gasteiger charge is 1.95. The van der Waals surface area contributed by atoms with Gasteiger partial charge in [0, 0.05) is 13.2 Å². The highest BCUT2D eigenvalue weighted by atomic mass is 16.5. The van der Waals surface area contributed by atoms with E-state index < -0.39 is 0 Å². The maximum absolute atomic E-state index is 5.34. The van der Waals surface area contributed by atoms with Gasteiger partial charge in [0.05, 0.1) is 13.2 Å². The summed E-state index contributed by atoms with van der Waals surface area (Å²) >= 11 is 0. The van der Waals surface area contributed by atoms with E-state index in [0.717, 1.165) is 13.2 Å².